The summed E-state index contributed by atoms with van der Waals surface area (Å²) in [6.45, 7) is 6.70. The van der Waals surface area contributed by atoms with Crippen molar-refractivity contribution in [2.24, 2.45) is 5.92 Å². The van der Waals surface area contributed by atoms with Crippen LogP contribution in [0.15, 0.2) is 12.2 Å². The van der Waals surface area contributed by atoms with Gasteiger partial charge in [0.1, 0.15) is 0 Å². The van der Waals surface area contributed by atoms with Crippen LogP contribution in [0.25, 0.3) is 0 Å². The lowest BCUT2D eigenvalue weighted by Gasteiger charge is -1.95. The largest absolute Gasteiger partial charge is 0.0883 e. The summed E-state index contributed by atoms with van der Waals surface area (Å²) in [7, 11) is 0. The maximum atomic E-state index is 2.32. The number of allylic oxidation sites excluding steroid dienone is 2. The topological polar surface area (TPSA) is 0 Å². The summed E-state index contributed by atoms with van der Waals surface area (Å²) in [5, 5.41) is 0. The molecule has 0 heteroatoms. The van der Waals surface area contributed by atoms with E-state index in [1.54, 1.807) is 0 Å². The minimum atomic E-state index is 0.723. The Bertz CT molecular complexity index is 90.2. The molecule has 0 rings (SSSR count). The molecule has 0 radical (unpaired) electrons. The van der Waals surface area contributed by atoms with Crippen LogP contribution >= 0.6 is 0 Å². The Balaban J connectivity index is 3.01. The van der Waals surface area contributed by atoms with E-state index in [0.717, 1.165) is 5.92 Å². The Kier molecular flexibility index (Phi) is 7.66. The fourth-order valence-electron chi connectivity index (χ4n) is 1.06. The minimum Gasteiger partial charge on any atom is -0.0883 e. The summed E-state index contributed by atoms with van der Waals surface area (Å²) in [4.78, 5) is 0. The second-order valence-corrected chi connectivity index (χ2v) is 3.52. The molecule has 0 aliphatic rings. The van der Waals surface area contributed by atoms with Gasteiger partial charge >= 0.3 is 0 Å². The first-order valence-electron chi connectivity index (χ1n) is 4.94. The molecule has 0 atom stereocenters. The van der Waals surface area contributed by atoms with Crippen molar-refractivity contribution in [1.29, 1.82) is 0 Å². The fourth-order valence-corrected chi connectivity index (χ4v) is 1.06. The van der Waals surface area contributed by atoms with Gasteiger partial charge in [-0.25, -0.2) is 0 Å². The molecule has 11 heavy (non-hydrogen) atoms. The molecular weight excluding hydrogens is 132 g/mol. The molecule has 0 saturated carbocycles. The van der Waals surface area contributed by atoms with Crippen LogP contribution in [0, 0.1) is 5.92 Å². The van der Waals surface area contributed by atoms with E-state index in [0.29, 0.717) is 0 Å². The van der Waals surface area contributed by atoms with Crippen LogP contribution in [0.5, 0.6) is 0 Å². The van der Waals surface area contributed by atoms with Crippen LogP contribution in [0.4, 0.5) is 0 Å². The lowest BCUT2D eigenvalue weighted by molar-refractivity contribution is 0.672. The van der Waals surface area contributed by atoms with Gasteiger partial charge in [0.2, 0.25) is 0 Å². The minimum absolute atomic E-state index is 0.723. The zero-order valence-electron chi connectivity index (χ0n) is 8.27. The van der Waals surface area contributed by atoms with E-state index in [1.807, 2.05) is 0 Å². The average molecular weight is 154 g/mol. The highest BCUT2D eigenvalue weighted by molar-refractivity contribution is 4.83. The van der Waals surface area contributed by atoms with E-state index in [4.69, 9.17) is 0 Å². The zero-order valence-corrected chi connectivity index (χ0v) is 8.27. The molecule has 0 aromatic heterocycles. The molecule has 0 fully saturated rings. The number of hydrogen-bond acceptors (Lipinski definition) is 0. The van der Waals surface area contributed by atoms with Crippen LogP contribution in [-0.2, 0) is 0 Å². The Morgan fingerprint density at radius 1 is 1.09 bits per heavy atom. The summed E-state index contributed by atoms with van der Waals surface area (Å²) in [5.74, 6) is 0.723. The maximum Gasteiger partial charge on any atom is -0.0290 e. The monoisotopic (exact) mass is 154 g/mol. The molecule has 0 aliphatic carbocycles. The van der Waals surface area contributed by atoms with Crippen molar-refractivity contribution in [2.75, 3.05) is 0 Å². The molecule has 0 aromatic carbocycles. The van der Waals surface area contributed by atoms with Crippen LogP contribution in [0.3, 0.4) is 0 Å². The first-order chi connectivity index (χ1) is 5.27. The standard InChI is InChI=1S/C11H22/c1-4-5-6-7-8-9-10-11(2)3/h9-11H,4-8H2,1-3H3. The van der Waals surface area contributed by atoms with E-state index in [1.165, 1.54) is 32.1 Å². The van der Waals surface area contributed by atoms with Gasteiger partial charge in [0.25, 0.3) is 0 Å². The molecule has 66 valence electrons. The summed E-state index contributed by atoms with van der Waals surface area (Å²) in [6.07, 6.45) is 11.4. The van der Waals surface area contributed by atoms with E-state index in [9.17, 15) is 0 Å². The van der Waals surface area contributed by atoms with Crippen molar-refractivity contribution in [3.05, 3.63) is 12.2 Å². The molecule has 0 amide bonds. The van der Waals surface area contributed by atoms with Gasteiger partial charge in [-0.1, -0.05) is 52.2 Å². The van der Waals surface area contributed by atoms with Crippen LogP contribution in [-0.4, -0.2) is 0 Å². The SMILES string of the molecule is CCCCCCC=CC(C)C. The van der Waals surface area contributed by atoms with E-state index in [-0.39, 0.29) is 0 Å². The first kappa shape index (κ1) is 10.7. The molecule has 0 nitrogen and oxygen atoms in total. The first-order valence-corrected chi connectivity index (χ1v) is 4.94. The second-order valence-electron chi connectivity index (χ2n) is 3.52. The van der Waals surface area contributed by atoms with Crippen molar-refractivity contribution in [3.63, 3.8) is 0 Å². The third-order valence-corrected chi connectivity index (χ3v) is 1.75. The van der Waals surface area contributed by atoms with Crippen molar-refractivity contribution in [2.45, 2.75) is 52.9 Å². The van der Waals surface area contributed by atoms with Crippen molar-refractivity contribution in [3.8, 4) is 0 Å². The maximum absolute atomic E-state index is 2.32. The molecule has 0 heterocycles. The highest BCUT2D eigenvalue weighted by Gasteiger charge is 1.85. The van der Waals surface area contributed by atoms with E-state index >= 15 is 0 Å². The zero-order chi connectivity index (χ0) is 8.53. The highest BCUT2D eigenvalue weighted by Crippen LogP contribution is 2.04. The van der Waals surface area contributed by atoms with Crippen LogP contribution < -0.4 is 0 Å². The molecule has 0 unspecified atom stereocenters. The van der Waals surface area contributed by atoms with Gasteiger partial charge < -0.3 is 0 Å². The second kappa shape index (κ2) is 7.84. The van der Waals surface area contributed by atoms with Crippen LogP contribution in [0.2, 0.25) is 0 Å². The molecule has 0 spiro atoms. The van der Waals surface area contributed by atoms with Crippen molar-refractivity contribution < 1.29 is 0 Å². The summed E-state index contributed by atoms with van der Waals surface area (Å²) in [6, 6.07) is 0. The predicted octanol–water partition coefficient (Wildman–Crippen LogP) is 4.17. The van der Waals surface area contributed by atoms with Gasteiger partial charge in [-0.2, -0.15) is 0 Å². The van der Waals surface area contributed by atoms with E-state index < -0.39 is 0 Å². The van der Waals surface area contributed by atoms with Gasteiger partial charge in [-0.3, -0.25) is 0 Å². The average Bonchev–Trinajstić information content (AvgIpc) is 1.96. The molecular formula is C11H22. The number of rotatable bonds is 6. The molecule has 0 bridgehead atoms. The van der Waals surface area contributed by atoms with Gasteiger partial charge in [-0.15, -0.1) is 0 Å². The molecule has 0 aromatic rings. The summed E-state index contributed by atoms with van der Waals surface area (Å²) in [5.41, 5.74) is 0. The highest BCUT2D eigenvalue weighted by atomic mass is 13.9. The van der Waals surface area contributed by atoms with Crippen molar-refractivity contribution >= 4 is 0 Å². The van der Waals surface area contributed by atoms with Gasteiger partial charge in [0.15, 0.2) is 0 Å². The van der Waals surface area contributed by atoms with Crippen LogP contribution in [0.1, 0.15) is 52.9 Å². The molecule has 0 N–H and O–H groups in total. The summed E-state index contributed by atoms with van der Waals surface area (Å²) >= 11 is 0. The van der Waals surface area contributed by atoms with E-state index in [2.05, 4.69) is 32.9 Å². The van der Waals surface area contributed by atoms with Gasteiger partial charge in [0.05, 0.1) is 0 Å². The predicted molar refractivity (Wildman–Crippen MR) is 52.7 cm³/mol. The van der Waals surface area contributed by atoms with Crippen molar-refractivity contribution in [1.82, 2.24) is 0 Å². The number of hydrogen-bond donors (Lipinski definition) is 0. The third kappa shape index (κ3) is 9.74. The third-order valence-electron chi connectivity index (χ3n) is 1.75. The normalized spacial score (nSPS) is 11.6. The number of unbranched alkanes of at least 4 members (excludes halogenated alkanes) is 4. The lowest BCUT2D eigenvalue weighted by Crippen LogP contribution is -1.78. The van der Waals surface area contributed by atoms with Gasteiger partial charge in [0, 0.05) is 0 Å². The molecule has 0 saturated heterocycles. The Hall–Kier alpha value is -0.260. The smallest absolute Gasteiger partial charge is 0.0290 e. The Morgan fingerprint density at radius 2 is 1.82 bits per heavy atom. The molecule has 0 aliphatic heterocycles. The van der Waals surface area contributed by atoms with Gasteiger partial charge in [-0.05, 0) is 18.8 Å². The Morgan fingerprint density at radius 3 is 2.36 bits per heavy atom. The Labute approximate surface area is 71.7 Å². The summed E-state index contributed by atoms with van der Waals surface area (Å²) < 4.78 is 0. The quantitative estimate of drug-likeness (QED) is 0.398. The fraction of sp³-hybridized carbons (Fsp3) is 0.818. The lowest BCUT2D eigenvalue weighted by atomic mass is 10.1.